The van der Waals surface area contributed by atoms with E-state index in [1.54, 1.807) is 6.42 Å². The maximum absolute atomic E-state index is 2.40. The van der Waals surface area contributed by atoms with E-state index in [4.69, 9.17) is 0 Å². The molecule has 0 aromatic rings. The SMILES string of the molecule is CC1(C)CC2CC2C1. The molecule has 2 aliphatic rings. The highest BCUT2D eigenvalue weighted by Crippen LogP contribution is 2.59. The van der Waals surface area contributed by atoms with Crippen LogP contribution in [0.3, 0.4) is 0 Å². The molecule has 0 aliphatic heterocycles. The number of hydrogen-bond acceptors (Lipinski definition) is 0. The summed E-state index contributed by atoms with van der Waals surface area (Å²) in [5, 5.41) is 0. The van der Waals surface area contributed by atoms with Crippen molar-refractivity contribution < 1.29 is 0 Å². The van der Waals surface area contributed by atoms with E-state index in [0.717, 1.165) is 11.8 Å². The van der Waals surface area contributed by atoms with Crippen molar-refractivity contribution in [1.82, 2.24) is 0 Å². The first-order valence-corrected chi connectivity index (χ1v) is 3.67. The second-order valence-corrected chi connectivity index (χ2v) is 4.33. The maximum atomic E-state index is 2.40. The van der Waals surface area contributed by atoms with E-state index in [9.17, 15) is 0 Å². The van der Waals surface area contributed by atoms with Crippen LogP contribution in [-0.4, -0.2) is 0 Å². The Hall–Kier alpha value is 0. The highest BCUT2D eigenvalue weighted by atomic mass is 14.5. The van der Waals surface area contributed by atoms with E-state index >= 15 is 0 Å². The van der Waals surface area contributed by atoms with E-state index < -0.39 is 0 Å². The summed E-state index contributed by atoms with van der Waals surface area (Å²) in [6, 6.07) is 0. The Morgan fingerprint density at radius 1 is 1.12 bits per heavy atom. The van der Waals surface area contributed by atoms with Crippen molar-refractivity contribution in [2.24, 2.45) is 17.3 Å². The van der Waals surface area contributed by atoms with Gasteiger partial charge in [-0.05, 0) is 36.5 Å². The lowest BCUT2D eigenvalue weighted by Crippen LogP contribution is -2.06. The van der Waals surface area contributed by atoms with Gasteiger partial charge in [0.2, 0.25) is 0 Å². The van der Waals surface area contributed by atoms with Crippen molar-refractivity contribution in [3.63, 3.8) is 0 Å². The zero-order chi connectivity index (χ0) is 5.78. The summed E-state index contributed by atoms with van der Waals surface area (Å²) in [5.41, 5.74) is 0.716. The Kier molecular flexibility index (Phi) is 0.678. The average molecular weight is 110 g/mol. The summed E-state index contributed by atoms with van der Waals surface area (Å²) < 4.78 is 0. The lowest BCUT2D eigenvalue weighted by atomic mass is 9.88. The average Bonchev–Trinajstić information content (AvgIpc) is 2.11. The lowest BCUT2D eigenvalue weighted by molar-refractivity contribution is 0.338. The molecule has 0 aromatic carbocycles. The molecule has 2 rings (SSSR count). The number of fused-ring (bicyclic) bond motifs is 1. The van der Waals surface area contributed by atoms with Crippen molar-refractivity contribution in [2.45, 2.75) is 33.1 Å². The monoisotopic (exact) mass is 110 g/mol. The Bertz CT molecular complexity index is 101. The first kappa shape index (κ1) is 4.84. The molecule has 2 atom stereocenters. The quantitative estimate of drug-likeness (QED) is 0.449. The molecule has 2 fully saturated rings. The first-order chi connectivity index (χ1) is 3.67. The number of rotatable bonds is 0. The highest BCUT2D eigenvalue weighted by molar-refractivity contribution is 4.99. The van der Waals surface area contributed by atoms with E-state index in [1.165, 1.54) is 12.8 Å². The normalized spacial score (nSPS) is 48.8. The fraction of sp³-hybridized carbons (Fsp3) is 1.00. The molecule has 2 unspecified atom stereocenters. The van der Waals surface area contributed by atoms with Gasteiger partial charge in [0.05, 0.1) is 0 Å². The topological polar surface area (TPSA) is 0 Å². The molecule has 0 heteroatoms. The summed E-state index contributed by atoms with van der Waals surface area (Å²) in [6.07, 6.45) is 4.58. The molecule has 0 amide bonds. The van der Waals surface area contributed by atoms with Crippen LogP contribution in [0.4, 0.5) is 0 Å². The van der Waals surface area contributed by atoms with Crippen LogP contribution < -0.4 is 0 Å². The van der Waals surface area contributed by atoms with Gasteiger partial charge >= 0.3 is 0 Å². The standard InChI is InChI=1S/C8H14/c1-8(2)4-6-3-7(6)5-8/h6-7H,3-5H2,1-2H3. The Labute approximate surface area is 51.3 Å². The van der Waals surface area contributed by atoms with Gasteiger partial charge in [0.15, 0.2) is 0 Å². The molecule has 2 saturated carbocycles. The molecule has 46 valence electrons. The van der Waals surface area contributed by atoms with Crippen LogP contribution in [0.15, 0.2) is 0 Å². The Balaban J connectivity index is 2.08. The van der Waals surface area contributed by atoms with Crippen LogP contribution in [0.2, 0.25) is 0 Å². The number of hydrogen-bond donors (Lipinski definition) is 0. The largest absolute Gasteiger partial charge is 0.0599 e. The molecule has 0 bridgehead atoms. The van der Waals surface area contributed by atoms with Crippen LogP contribution in [0, 0.1) is 17.3 Å². The van der Waals surface area contributed by atoms with Crippen LogP contribution in [0.25, 0.3) is 0 Å². The zero-order valence-corrected chi connectivity index (χ0v) is 5.78. The molecule has 2 aliphatic carbocycles. The molecule has 0 nitrogen and oxygen atoms in total. The third kappa shape index (κ3) is 0.586. The molecular formula is C8H14. The van der Waals surface area contributed by atoms with Crippen molar-refractivity contribution >= 4 is 0 Å². The molecule has 0 aromatic heterocycles. The van der Waals surface area contributed by atoms with Crippen molar-refractivity contribution in [2.75, 3.05) is 0 Å². The third-order valence-corrected chi connectivity index (χ3v) is 2.70. The van der Waals surface area contributed by atoms with Crippen LogP contribution in [0.1, 0.15) is 33.1 Å². The van der Waals surface area contributed by atoms with Gasteiger partial charge in [0, 0.05) is 0 Å². The van der Waals surface area contributed by atoms with Crippen LogP contribution in [-0.2, 0) is 0 Å². The van der Waals surface area contributed by atoms with E-state index in [2.05, 4.69) is 13.8 Å². The van der Waals surface area contributed by atoms with Crippen molar-refractivity contribution in [1.29, 1.82) is 0 Å². The Morgan fingerprint density at radius 2 is 1.62 bits per heavy atom. The van der Waals surface area contributed by atoms with Gasteiger partial charge in [-0.2, -0.15) is 0 Å². The van der Waals surface area contributed by atoms with Gasteiger partial charge in [-0.25, -0.2) is 0 Å². The molecule has 0 heterocycles. The molecule has 0 N–H and O–H groups in total. The van der Waals surface area contributed by atoms with Crippen LogP contribution >= 0.6 is 0 Å². The molecule has 0 saturated heterocycles. The van der Waals surface area contributed by atoms with Gasteiger partial charge in [-0.3, -0.25) is 0 Å². The lowest BCUT2D eigenvalue weighted by Gasteiger charge is -2.17. The molecule has 0 radical (unpaired) electrons. The Morgan fingerprint density at radius 3 is 1.88 bits per heavy atom. The van der Waals surface area contributed by atoms with Gasteiger partial charge in [-0.15, -0.1) is 0 Å². The summed E-state index contributed by atoms with van der Waals surface area (Å²) in [6.45, 7) is 4.80. The van der Waals surface area contributed by atoms with Gasteiger partial charge in [0.25, 0.3) is 0 Å². The summed E-state index contributed by atoms with van der Waals surface area (Å²) in [7, 11) is 0. The molecule has 0 spiro atoms. The van der Waals surface area contributed by atoms with E-state index in [-0.39, 0.29) is 0 Å². The van der Waals surface area contributed by atoms with Gasteiger partial charge < -0.3 is 0 Å². The minimum atomic E-state index is 0.716. The molecule has 8 heavy (non-hydrogen) atoms. The minimum absolute atomic E-state index is 0.716. The smallest absolute Gasteiger partial charge is 0.0349 e. The third-order valence-electron chi connectivity index (χ3n) is 2.70. The first-order valence-electron chi connectivity index (χ1n) is 3.67. The second-order valence-electron chi connectivity index (χ2n) is 4.33. The minimum Gasteiger partial charge on any atom is -0.0599 e. The predicted molar refractivity (Wildman–Crippen MR) is 34.6 cm³/mol. The fourth-order valence-corrected chi connectivity index (χ4v) is 2.31. The highest BCUT2D eigenvalue weighted by Gasteiger charge is 2.49. The van der Waals surface area contributed by atoms with Gasteiger partial charge in [0.1, 0.15) is 0 Å². The summed E-state index contributed by atoms with van der Waals surface area (Å²) in [5.74, 6) is 2.31. The summed E-state index contributed by atoms with van der Waals surface area (Å²) >= 11 is 0. The maximum Gasteiger partial charge on any atom is -0.0349 e. The summed E-state index contributed by atoms with van der Waals surface area (Å²) in [4.78, 5) is 0. The zero-order valence-electron chi connectivity index (χ0n) is 5.78. The van der Waals surface area contributed by atoms with E-state index in [1.807, 2.05) is 0 Å². The van der Waals surface area contributed by atoms with Crippen molar-refractivity contribution in [3.05, 3.63) is 0 Å². The van der Waals surface area contributed by atoms with Gasteiger partial charge in [-0.1, -0.05) is 13.8 Å². The predicted octanol–water partition coefficient (Wildman–Crippen LogP) is 2.44. The van der Waals surface area contributed by atoms with E-state index in [0.29, 0.717) is 5.41 Å². The second kappa shape index (κ2) is 1.12. The van der Waals surface area contributed by atoms with Crippen LogP contribution in [0.5, 0.6) is 0 Å². The fourth-order valence-electron chi connectivity index (χ4n) is 2.31. The molecular weight excluding hydrogens is 96.1 g/mol. The van der Waals surface area contributed by atoms with Crippen molar-refractivity contribution in [3.8, 4) is 0 Å².